The SMILES string of the molecule is NCCCNCCCN=Cc1ccccc1[O-].[Br-].[Cu+2]. The van der Waals surface area contributed by atoms with E-state index in [2.05, 4.69) is 10.3 Å². The molecule has 0 amide bonds. The maximum absolute atomic E-state index is 11.3. The van der Waals surface area contributed by atoms with Crippen molar-refractivity contribution >= 4 is 6.21 Å². The summed E-state index contributed by atoms with van der Waals surface area (Å²) in [6.07, 6.45) is 3.64. The van der Waals surface area contributed by atoms with E-state index in [1.54, 1.807) is 24.4 Å². The normalized spacial score (nSPS) is 9.95. The zero-order valence-corrected chi connectivity index (χ0v) is 13.3. The van der Waals surface area contributed by atoms with Crippen LogP contribution >= 0.6 is 0 Å². The van der Waals surface area contributed by atoms with E-state index in [1.807, 2.05) is 6.07 Å². The molecule has 0 saturated heterocycles. The molecule has 0 aromatic heterocycles. The van der Waals surface area contributed by atoms with Gasteiger partial charge in [0, 0.05) is 12.8 Å². The van der Waals surface area contributed by atoms with Crippen molar-refractivity contribution < 1.29 is 39.2 Å². The summed E-state index contributed by atoms with van der Waals surface area (Å²) in [5, 5.41) is 14.6. The quantitative estimate of drug-likeness (QED) is 0.299. The second kappa shape index (κ2) is 14.0. The van der Waals surface area contributed by atoms with Crippen molar-refractivity contribution in [2.45, 2.75) is 12.8 Å². The summed E-state index contributed by atoms with van der Waals surface area (Å²) in [5.74, 6) is 0.0253. The van der Waals surface area contributed by atoms with Crippen LogP contribution in [0.1, 0.15) is 18.4 Å². The smallest absolute Gasteiger partial charge is 1.00 e. The Kier molecular flexibility index (Phi) is 15.4. The third-order valence-electron chi connectivity index (χ3n) is 2.35. The fraction of sp³-hybridized carbons (Fsp3) is 0.462. The van der Waals surface area contributed by atoms with Crippen LogP contribution < -0.4 is 33.1 Å². The van der Waals surface area contributed by atoms with Crippen LogP contribution in [0.15, 0.2) is 29.3 Å². The molecule has 111 valence electrons. The molecule has 19 heavy (non-hydrogen) atoms. The van der Waals surface area contributed by atoms with Crippen molar-refractivity contribution in [3.8, 4) is 5.75 Å². The molecule has 0 aliphatic rings. The van der Waals surface area contributed by atoms with Crippen LogP contribution in [0.3, 0.4) is 0 Å². The maximum atomic E-state index is 11.3. The number of hydrogen-bond donors (Lipinski definition) is 2. The van der Waals surface area contributed by atoms with Crippen molar-refractivity contribution in [2.24, 2.45) is 10.7 Å². The van der Waals surface area contributed by atoms with E-state index >= 15 is 0 Å². The zero-order chi connectivity index (χ0) is 12.3. The van der Waals surface area contributed by atoms with Gasteiger partial charge in [-0.2, -0.15) is 0 Å². The van der Waals surface area contributed by atoms with Crippen LogP contribution in [-0.2, 0) is 17.1 Å². The molecule has 0 saturated carbocycles. The molecule has 0 bridgehead atoms. The summed E-state index contributed by atoms with van der Waals surface area (Å²) in [6.45, 7) is 3.37. The van der Waals surface area contributed by atoms with E-state index in [9.17, 15) is 5.11 Å². The number of nitrogens with zero attached hydrogens (tertiary/aromatic N) is 1. The maximum Gasteiger partial charge on any atom is 2.00 e. The Labute approximate surface area is 136 Å². The molecule has 1 radical (unpaired) electrons. The molecule has 6 heteroatoms. The predicted molar refractivity (Wildman–Crippen MR) is 69.5 cm³/mol. The Hall–Kier alpha value is -0.391. The molecule has 1 rings (SSSR count). The van der Waals surface area contributed by atoms with E-state index in [1.165, 1.54) is 0 Å². The van der Waals surface area contributed by atoms with Gasteiger partial charge in [0.2, 0.25) is 0 Å². The Morgan fingerprint density at radius 1 is 1.21 bits per heavy atom. The molecule has 0 atom stereocenters. The Bertz CT molecular complexity index is 350. The van der Waals surface area contributed by atoms with Crippen LogP contribution in [0, 0.1) is 0 Å². The van der Waals surface area contributed by atoms with Gasteiger partial charge in [-0.3, -0.25) is 4.99 Å². The largest absolute Gasteiger partial charge is 2.00 e. The topological polar surface area (TPSA) is 73.5 Å². The van der Waals surface area contributed by atoms with Crippen LogP contribution in [0.5, 0.6) is 5.75 Å². The van der Waals surface area contributed by atoms with Gasteiger partial charge in [-0.05, 0) is 38.0 Å². The molecule has 0 spiro atoms. The van der Waals surface area contributed by atoms with Crippen LogP contribution in [0.4, 0.5) is 0 Å². The molecule has 3 N–H and O–H groups in total. The van der Waals surface area contributed by atoms with Gasteiger partial charge in [-0.15, -0.1) is 5.75 Å². The first-order valence-electron chi connectivity index (χ1n) is 6.01. The number of halogens is 1. The number of rotatable bonds is 8. The van der Waals surface area contributed by atoms with E-state index in [0.29, 0.717) is 5.56 Å². The minimum atomic E-state index is 0. The van der Waals surface area contributed by atoms with E-state index < -0.39 is 0 Å². The molecule has 0 unspecified atom stereocenters. The Balaban J connectivity index is 0. The number of para-hydroxylation sites is 1. The average molecular weight is 378 g/mol. The molecule has 4 nitrogen and oxygen atoms in total. The van der Waals surface area contributed by atoms with Gasteiger partial charge >= 0.3 is 17.1 Å². The molecular weight excluding hydrogens is 358 g/mol. The first kappa shape index (κ1) is 20.9. The van der Waals surface area contributed by atoms with Crippen molar-refractivity contribution in [3.05, 3.63) is 29.8 Å². The van der Waals surface area contributed by atoms with Crippen molar-refractivity contribution in [2.75, 3.05) is 26.2 Å². The minimum absolute atomic E-state index is 0. The molecule has 0 heterocycles. The molecular formula is C13H20BrCuN3O. The van der Waals surface area contributed by atoms with Crippen molar-refractivity contribution in [1.29, 1.82) is 0 Å². The predicted octanol–water partition coefficient (Wildman–Crippen LogP) is -2.49. The summed E-state index contributed by atoms with van der Waals surface area (Å²) in [4.78, 5) is 4.23. The summed E-state index contributed by atoms with van der Waals surface area (Å²) in [5.41, 5.74) is 6.03. The number of benzene rings is 1. The van der Waals surface area contributed by atoms with E-state index in [0.717, 1.165) is 39.0 Å². The molecule has 0 aliphatic carbocycles. The van der Waals surface area contributed by atoms with Gasteiger partial charge in [0.1, 0.15) is 0 Å². The first-order valence-corrected chi connectivity index (χ1v) is 6.01. The Morgan fingerprint density at radius 2 is 1.89 bits per heavy atom. The molecule has 1 aromatic rings. The average Bonchev–Trinajstić information content (AvgIpc) is 2.35. The third kappa shape index (κ3) is 10.1. The third-order valence-corrected chi connectivity index (χ3v) is 2.35. The number of nitrogens with two attached hydrogens (primary N) is 1. The van der Waals surface area contributed by atoms with E-state index in [-0.39, 0.29) is 39.8 Å². The van der Waals surface area contributed by atoms with Gasteiger partial charge < -0.3 is 33.1 Å². The number of aliphatic imine (C=N–C) groups is 1. The number of hydrogen-bond acceptors (Lipinski definition) is 4. The monoisotopic (exact) mass is 376 g/mol. The van der Waals surface area contributed by atoms with Crippen LogP contribution in [0.25, 0.3) is 0 Å². The van der Waals surface area contributed by atoms with Gasteiger partial charge in [0.15, 0.2) is 0 Å². The zero-order valence-electron chi connectivity index (χ0n) is 10.7. The number of nitrogens with one attached hydrogen (secondary N) is 1. The van der Waals surface area contributed by atoms with Crippen LogP contribution in [0.2, 0.25) is 0 Å². The van der Waals surface area contributed by atoms with Crippen molar-refractivity contribution in [3.63, 3.8) is 0 Å². The fourth-order valence-electron chi connectivity index (χ4n) is 1.40. The minimum Gasteiger partial charge on any atom is -1.00 e. The van der Waals surface area contributed by atoms with Gasteiger partial charge in [-0.25, -0.2) is 0 Å². The summed E-state index contributed by atoms with van der Waals surface area (Å²) < 4.78 is 0. The summed E-state index contributed by atoms with van der Waals surface area (Å²) in [7, 11) is 0. The fourth-order valence-corrected chi connectivity index (χ4v) is 1.40. The molecule has 0 fully saturated rings. The molecule has 0 aliphatic heterocycles. The van der Waals surface area contributed by atoms with Crippen molar-refractivity contribution in [1.82, 2.24) is 5.32 Å². The van der Waals surface area contributed by atoms with Gasteiger partial charge in [0.25, 0.3) is 0 Å². The summed E-state index contributed by atoms with van der Waals surface area (Å²) >= 11 is 0. The molecule has 1 aromatic carbocycles. The van der Waals surface area contributed by atoms with Crippen LogP contribution in [-0.4, -0.2) is 32.4 Å². The second-order valence-corrected chi connectivity index (χ2v) is 3.82. The Morgan fingerprint density at radius 3 is 2.58 bits per heavy atom. The summed E-state index contributed by atoms with van der Waals surface area (Å²) in [6, 6.07) is 6.92. The van der Waals surface area contributed by atoms with Gasteiger partial charge in [-0.1, -0.05) is 24.3 Å². The van der Waals surface area contributed by atoms with E-state index in [4.69, 9.17) is 5.73 Å². The standard InChI is InChI=1S/C13H21N3O.BrH.Cu/c14-7-3-8-15-9-4-10-16-11-12-5-1-2-6-13(12)17;;/h1-2,5-6,11,15,17H,3-4,7-10,14H2;1H;/q;;+2/p-2. The first-order chi connectivity index (χ1) is 8.34. The second-order valence-electron chi connectivity index (χ2n) is 3.82. The van der Waals surface area contributed by atoms with Gasteiger partial charge in [0.05, 0.1) is 0 Å².